The van der Waals surface area contributed by atoms with Crippen LogP contribution in [0.25, 0.3) is 0 Å². The number of aliphatic imine (C=N–C) groups is 1. The van der Waals surface area contributed by atoms with E-state index in [2.05, 4.69) is 15.6 Å². The van der Waals surface area contributed by atoms with Gasteiger partial charge in [-0.05, 0) is 56.7 Å². The SMILES string of the molecule is CCNC(=NCc1ccc(C(=O)N(CC)CC)cc1)NCc1cc(F)ccc1F. The van der Waals surface area contributed by atoms with Gasteiger partial charge in [-0.15, -0.1) is 0 Å². The van der Waals surface area contributed by atoms with Crippen molar-refractivity contribution in [1.82, 2.24) is 15.5 Å². The summed E-state index contributed by atoms with van der Waals surface area (Å²) in [6.45, 7) is 8.32. The Labute approximate surface area is 170 Å². The lowest BCUT2D eigenvalue weighted by Gasteiger charge is -2.18. The molecule has 5 nitrogen and oxygen atoms in total. The maximum Gasteiger partial charge on any atom is 0.253 e. The monoisotopic (exact) mass is 402 g/mol. The Hall–Kier alpha value is -2.96. The molecule has 0 atom stereocenters. The number of amides is 1. The Bertz CT molecular complexity index is 833. The minimum Gasteiger partial charge on any atom is -0.357 e. The van der Waals surface area contributed by atoms with Gasteiger partial charge in [-0.1, -0.05) is 12.1 Å². The summed E-state index contributed by atoms with van der Waals surface area (Å²) in [5.41, 5.74) is 1.82. The molecule has 2 aromatic carbocycles. The smallest absolute Gasteiger partial charge is 0.253 e. The van der Waals surface area contributed by atoms with E-state index in [4.69, 9.17) is 0 Å². The molecule has 0 aliphatic carbocycles. The number of carbonyl (C=O) groups excluding carboxylic acids is 1. The Morgan fingerprint density at radius 1 is 1.00 bits per heavy atom. The van der Waals surface area contributed by atoms with Gasteiger partial charge in [-0.25, -0.2) is 13.8 Å². The van der Waals surface area contributed by atoms with Crippen molar-refractivity contribution in [2.75, 3.05) is 19.6 Å². The maximum atomic E-state index is 13.8. The van der Waals surface area contributed by atoms with E-state index in [0.717, 1.165) is 23.8 Å². The molecule has 0 saturated heterocycles. The molecule has 0 radical (unpaired) electrons. The standard InChI is InChI=1S/C22H28F2N4O/c1-4-25-22(27-15-18-13-19(23)11-12-20(18)24)26-14-16-7-9-17(10-8-16)21(29)28(5-2)6-3/h7-13H,4-6,14-15H2,1-3H3,(H2,25,26,27). The van der Waals surface area contributed by atoms with Crippen LogP contribution in [0, 0.1) is 11.6 Å². The third-order valence-electron chi connectivity index (χ3n) is 4.47. The average Bonchev–Trinajstić information content (AvgIpc) is 2.73. The highest BCUT2D eigenvalue weighted by atomic mass is 19.1. The van der Waals surface area contributed by atoms with Gasteiger partial charge in [0.05, 0.1) is 6.54 Å². The van der Waals surface area contributed by atoms with Crippen LogP contribution in [0.5, 0.6) is 0 Å². The number of guanidine groups is 1. The lowest BCUT2D eigenvalue weighted by atomic mass is 10.1. The van der Waals surface area contributed by atoms with Crippen LogP contribution in [0.2, 0.25) is 0 Å². The summed E-state index contributed by atoms with van der Waals surface area (Å²) in [7, 11) is 0. The maximum absolute atomic E-state index is 13.8. The van der Waals surface area contributed by atoms with Crippen LogP contribution in [-0.4, -0.2) is 36.4 Å². The molecule has 7 heteroatoms. The topological polar surface area (TPSA) is 56.7 Å². The summed E-state index contributed by atoms with van der Waals surface area (Å²) in [5.74, 6) is -0.440. The molecule has 0 bridgehead atoms. The number of carbonyl (C=O) groups is 1. The molecular formula is C22H28F2N4O. The summed E-state index contributed by atoms with van der Waals surface area (Å²) < 4.78 is 27.1. The molecule has 2 N–H and O–H groups in total. The van der Waals surface area contributed by atoms with Crippen LogP contribution >= 0.6 is 0 Å². The largest absolute Gasteiger partial charge is 0.357 e. The van der Waals surface area contributed by atoms with Crippen LogP contribution in [-0.2, 0) is 13.1 Å². The van der Waals surface area contributed by atoms with E-state index in [0.29, 0.717) is 37.7 Å². The second kappa shape index (κ2) is 11.1. The molecule has 1 amide bonds. The Balaban J connectivity index is 2.02. The Morgan fingerprint density at radius 3 is 2.31 bits per heavy atom. The Morgan fingerprint density at radius 2 is 1.69 bits per heavy atom. The number of benzene rings is 2. The van der Waals surface area contributed by atoms with Crippen molar-refractivity contribution >= 4 is 11.9 Å². The van der Waals surface area contributed by atoms with Crippen molar-refractivity contribution in [3.8, 4) is 0 Å². The number of halogens is 2. The summed E-state index contributed by atoms with van der Waals surface area (Å²) in [4.78, 5) is 18.6. The zero-order valence-corrected chi connectivity index (χ0v) is 17.1. The van der Waals surface area contributed by atoms with Gasteiger partial charge in [-0.3, -0.25) is 4.79 Å². The summed E-state index contributed by atoms with van der Waals surface area (Å²) in [6.07, 6.45) is 0. The first kappa shape index (κ1) is 22.3. The zero-order chi connectivity index (χ0) is 21.2. The third-order valence-corrected chi connectivity index (χ3v) is 4.47. The van der Waals surface area contributed by atoms with Crippen molar-refractivity contribution < 1.29 is 13.6 Å². The van der Waals surface area contributed by atoms with Crippen LogP contribution in [0.3, 0.4) is 0 Å². The van der Waals surface area contributed by atoms with Crippen molar-refractivity contribution in [1.29, 1.82) is 0 Å². The molecule has 0 unspecified atom stereocenters. The highest BCUT2D eigenvalue weighted by Gasteiger charge is 2.12. The van der Waals surface area contributed by atoms with E-state index in [1.807, 2.05) is 32.9 Å². The van der Waals surface area contributed by atoms with Crippen molar-refractivity contribution in [2.45, 2.75) is 33.9 Å². The zero-order valence-electron chi connectivity index (χ0n) is 17.1. The van der Waals surface area contributed by atoms with Crippen LogP contribution in [0.1, 0.15) is 42.3 Å². The fraction of sp³-hybridized carbons (Fsp3) is 0.364. The minimum absolute atomic E-state index is 0.0113. The lowest BCUT2D eigenvalue weighted by molar-refractivity contribution is 0.0773. The number of rotatable bonds is 8. The summed E-state index contributed by atoms with van der Waals surface area (Å²) >= 11 is 0. The summed E-state index contributed by atoms with van der Waals surface area (Å²) in [5, 5.41) is 6.09. The van der Waals surface area contributed by atoms with Gasteiger partial charge < -0.3 is 15.5 Å². The predicted molar refractivity (Wildman–Crippen MR) is 112 cm³/mol. The minimum atomic E-state index is -0.482. The molecule has 2 rings (SSSR count). The molecule has 156 valence electrons. The molecule has 0 spiro atoms. The first-order valence-electron chi connectivity index (χ1n) is 9.82. The second-order valence-electron chi connectivity index (χ2n) is 6.46. The highest BCUT2D eigenvalue weighted by molar-refractivity contribution is 5.94. The average molecular weight is 402 g/mol. The van der Waals surface area contributed by atoms with E-state index in [9.17, 15) is 13.6 Å². The first-order chi connectivity index (χ1) is 14.0. The number of hydrogen-bond donors (Lipinski definition) is 2. The van der Waals surface area contributed by atoms with Gasteiger partial charge >= 0.3 is 0 Å². The fourth-order valence-electron chi connectivity index (χ4n) is 2.82. The molecule has 0 aliphatic heterocycles. The molecule has 0 fully saturated rings. The van der Waals surface area contributed by atoms with Gasteiger partial charge in [0.2, 0.25) is 0 Å². The summed E-state index contributed by atoms with van der Waals surface area (Å²) in [6, 6.07) is 10.7. The van der Waals surface area contributed by atoms with E-state index < -0.39 is 11.6 Å². The molecule has 0 aliphatic rings. The van der Waals surface area contributed by atoms with E-state index in [1.165, 1.54) is 0 Å². The molecule has 0 heterocycles. The van der Waals surface area contributed by atoms with Crippen molar-refractivity contribution in [2.24, 2.45) is 4.99 Å². The van der Waals surface area contributed by atoms with Gasteiger partial charge in [0.25, 0.3) is 5.91 Å². The van der Waals surface area contributed by atoms with Gasteiger partial charge in [0, 0.05) is 37.3 Å². The highest BCUT2D eigenvalue weighted by Crippen LogP contribution is 2.10. The van der Waals surface area contributed by atoms with Gasteiger partial charge in [-0.2, -0.15) is 0 Å². The lowest BCUT2D eigenvalue weighted by Crippen LogP contribution is -2.37. The quantitative estimate of drug-likeness (QED) is 0.523. The molecule has 0 aromatic heterocycles. The molecule has 0 saturated carbocycles. The number of hydrogen-bond acceptors (Lipinski definition) is 2. The van der Waals surface area contributed by atoms with Crippen molar-refractivity contribution in [3.63, 3.8) is 0 Å². The molecule has 2 aromatic rings. The molecule has 29 heavy (non-hydrogen) atoms. The van der Waals surface area contributed by atoms with Gasteiger partial charge in [0.1, 0.15) is 11.6 Å². The second-order valence-corrected chi connectivity index (χ2v) is 6.46. The Kier molecular flexibility index (Phi) is 8.58. The number of nitrogens with one attached hydrogen (secondary N) is 2. The number of nitrogens with zero attached hydrogens (tertiary/aromatic N) is 2. The molecular weight excluding hydrogens is 374 g/mol. The van der Waals surface area contributed by atoms with Crippen LogP contribution in [0.4, 0.5) is 8.78 Å². The van der Waals surface area contributed by atoms with Crippen LogP contribution in [0.15, 0.2) is 47.5 Å². The fourth-order valence-corrected chi connectivity index (χ4v) is 2.82. The van der Waals surface area contributed by atoms with E-state index in [1.54, 1.807) is 17.0 Å². The first-order valence-corrected chi connectivity index (χ1v) is 9.82. The normalized spacial score (nSPS) is 11.3. The van der Waals surface area contributed by atoms with E-state index >= 15 is 0 Å². The van der Waals surface area contributed by atoms with E-state index in [-0.39, 0.29) is 18.0 Å². The van der Waals surface area contributed by atoms with Crippen LogP contribution < -0.4 is 10.6 Å². The van der Waals surface area contributed by atoms with Gasteiger partial charge in [0.15, 0.2) is 5.96 Å². The predicted octanol–water partition coefficient (Wildman–Crippen LogP) is 3.70. The van der Waals surface area contributed by atoms with Crippen molar-refractivity contribution in [3.05, 3.63) is 70.8 Å². The third kappa shape index (κ3) is 6.55.